The number of pyridine rings is 1. The molecule has 0 radical (unpaired) electrons. The van der Waals surface area contributed by atoms with Crippen LogP contribution in [0.25, 0.3) is 0 Å². The lowest BCUT2D eigenvalue weighted by atomic mass is 10.3. The zero-order valence-corrected chi connectivity index (χ0v) is 11.5. The normalized spacial score (nSPS) is 10.3. The average Bonchev–Trinajstić information content (AvgIpc) is 2.30. The average molecular weight is 348 g/mol. The van der Waals surface area contributed by atoms with Crippen LogP contribution >= 0.6 is 27.5 Å². The van der Waals surface area contributed by atoms with Crippen LogP contribution in [0.15, 0.2) is 34.9 Å². The Morgan fingerprint density at radius 3 is 2.74 bits per heavy atom. The van der Waals surface area contributed by atoms with Gasteiger partial charge in [-0.25, -0.2) is 9.37 Å². The molecular formula is C11H5BrClFN2O3. The first kappa shape index (κ1) is 13.7. The molecule has 19 heavy (non-hydrogen) atoms. The third kappa shape index (κ3) is 3.39. The van der Waals surface area contributed by atoms with Crippen LogP contribution in [0.1, 0.15) is 0 Å². The third-order valence-corrected chi connectivity index (χ3v) is 2.71. The second-order valence-electron chi connectivity index (χ2n) is 3.44. The van der Waals surface area contributed by atoms with Crippen LogP contribution in [-0.2, 0) is 0 Å². The first-order chi connectivity index (χ1) is 8.95. The number of halogens is 3. The van der Waals surface area contributed by atoms with Gasteiger partial charge in [0.15, 0.2) is 0 Å². The molecule has 0 bridgehead atoms. The lowest BCUT2D eigenvalue weighted by Gasteiger charge is -2.06. The van der Waals surface area contributed by atoms with E-state index in [1.165, 1.54) is 18.3 Å². The van der Waals surface area contributed by atoms with Crippen molar-refractivity contribution in [1.29, 1.82) is 0 Å². The molecule has 8 heteroatoms. The Kier molecular flexibility index (Phi) is 3.96. The second kappa shape index (κ2) is 5.50. The Labute approximate surface area is 120 Å². The first-order valence-corrected chi connectivity index (χ1v) is 6.06. The fourth-order valence-electron chi connectivity index (χ4n) is 1.32. The molecule has 0 aliphatic rings. The summed E-state index contributed by atoms with van der Waals surface area (Å²) < 4.78 is 18.8. The molecule has 1 aromatic heterocycles. The Bertz CT molecular complexity index is 634. The maximum absolute atomic E-state index is 13.2. The highest BCUT2D eigenvalue weighted by atomic mass is 79.9. The lowest BCUT2D eigenvalue weighted by Crippen LogP contribution is -1.96. The van der Waals surface area contributed by atoms with Gasteiger partial charge in [0.25, 0.3) is 5.88 Å². The van der Waals surface area contributed by atoms with Gasteiger partial charge in [0.2, 0.25) is 0 Å². The van der Waals surface area contributed by atoms with E-state index in [1.807, 2.05) is 0 Å². The van der Waals surface area contributed by atoms with E-state index in [4.69, 9.17) is 16.3 Å². The number of rotatable bonds is 3. The van der Waals surface area contributed by atoms with Gasteiger partial charge in [-0.05, 0) is 12.1 Å². The zero-order valence-electron chi connectivity index (χ0n) is 9.14. The summed E-state index contributed by atoms with van der Waals surface area (Å²) in [6.45, 7) is 0. The van der Waals surface area contributed by atoms with Crippen LogP contribution in [-0.4, -0.2) is 9.91 Å². The Hall–Kier alpha value is -1.73. The highest BCUT2D eigenvalue weighted by molar-refractivity contribution is 9.10. The minimum atomic E-state index is -0.678. The monoisotopic (exact) mass is 346 g/mol. The summed E-state index contributed by atoms with van der Waals surface area (Å²) in [5, 5.41) is 11.0. The number of hydrogen-bond acceptors (Lipinski definition) is 4. The van der Waals surface area contributed by atoms with E-state index >= 15 is 0 Å². The van der Waals surface area contributed by atoms with Crippen LogP contribution in [0.2, 0.25) is 5.02 Å². The first-order valence-electron chi connectivity index (χ1n) is 4.89. The predicted octanol–water partition coefficient (Wildman–Crippen LogP) is 4.34. The summed E-state index contributed by atoms with van der Waals surface area (Å²) in [4.78, 5) is 13.9. The molecule has 2 rings (SSSR count). The van der Waals surface area contributed by atoms with Gasteiger partial charge in [0, 0.05) is 16.6 Å². The quantitative estimate of drug-likeness (QED) is 0.612. The molecular weight excluding hydrogens is 342 g/mol. The summed E-state index contributed by atoms with van der Waals surface area (Å²) in [5.74, 6) is -0.710. The van der Waals surface area contributed by atoms with E-state index < -0.39 is 16.4 Å². The van der Waals surface area contributed by atoms with Crippen LogP contribution < -0.4 is 4.74 Å². The van der Waals surface area contributed by atoms with Gasteiger partial charge in [-0.1, -0.05) is 27.5 Å². The predicted molar refractivity (Wildman–Crippen MR) is 70.1 cm³/mol. The van der Waals surface area contributed by atoms with E-state index in [2.05, 4.69) is 20.9 Å². The highest BCUT2D eigenvalue weighted by Crippen LogP contribution is 2.32. The lowest BCUT2D eigenvalue weighted by molar-refractivity contribution is -0.386. The molecule has 0 fully saturated rings. The van der Waals surface area contributed by atoms with E-state index in [0.29, 0.717) is 4.47 Å². The van der Waals surface area contributed by atoms with Gasteiger partial charge in [-0.2, -0.15) is 0 Å². The zero-order chi connectivity index (χ0) is 14.0. The maximum atomic E-state index is 13.2. The van der Waals surface area contributed by atoms with Gasteiger partial charge in [-0.3, -0.25) is 10.1 Å². The van der Waals surface area contributed by atoms with Crippen molar-refractivity contribution in [2.75, 3.05) is 0 Å². The molecule has 0 saturated carbocycles. The van der Waals surface area contributed by atoms with Gasteiger partial charge >= 0.3 is 5.69 Å². The van der Waals surface area contributed by atoms with Gasteiger partial charge < -0.3 is 4.74 Å². The molecule has 5 nitrogen and oxygen atoms in total. The Morgan fingerprint density at radius 1 is 1.37 bits per heavy atom. The molecule has 0 spiro atoms. The van der Waals surface area contributed by atoms with Gasteiger partial charge in [0.1, 0.15) is 11.6 Å². The molecule has 0 N–H and O–H groups in total. The number of hydrogen-bond donors (Lipinski definition) is 0. The smallest absolute Gasteiger partial charge is 0.332 e. The molecule has 0 atom stereocenters. The third-order valence-electron chi connectivity index (χ3n) is 2.05. The minimum Gasteiger partial charge on any atom is -0.434 e. The minimum absolute atomic E-state index is 0.0878. The molecule has 0 amide bonds. The molecule has 0 saturated heterocycles. The Balaban J connectivity index is 2.40. The van der Waals surface area contributed by atoms with Crippen molar-refractivity contribution >= 4 is 33.2 Å². The van der Waals surface area contributed by atoms with Crippen LogP contribution in [0.3, 0.4) is 0 Å². The summed E-state index contributed by atoms with van der Waals surface area (Å²) in [6.07, 6.45) is 1.21. The molecule has 1 heterocycles. The van der Waals surface area contributed by atoms with E-state index in [-0.39, 0.29) is 16.7 Å². The van der Waals surface area contributed by atoms with Crippen molar-refractivity contribution < 1.29 is 14.1 Å². The van der Waals surface area contributed by atoms with Crippen LogP contribution in [0.5, 0.6) is 11.6 Å². The standard InChI is InChI=1S/C11H5BrClFN2O3/c12-6-1-8(14)4-9(2-6)19-11-10(16(17)18)3-7(13)5-15-11/h1-5H. The number of nitro groups is 1. The number of aromatic nitrogens is 1. The van der Waals surface area contributed by atoms with Crippen molar-refractivity contribution in [3.8, 4) is 11.6 Å². The fourth-order valence-corrected chi connectivity index (χ4v) is 1.92. The fraction of sp³-hybridized carbons (Fsp3) is 0. The summed E-state index contributed by atoms with van der Waals surface area (Å²) >= 11 is 8.71. The van der Waals surface area contributed by atoms with Crippen molar-refractivity contribution in [2.45, 2.75) is 0 Å². The highest BCUT2D eigenvalue weighted by Gasteiger charge is 2.18. The summed E-state index contributed by atoms with van der Waals surface area (Å²) in [5.41, 5.74) is -0.395. The molecule has 0 aliphatic heterocycles. The number of benzene rings is 1. The Morgan fingerprint density at radius 2 is 2.11 bits per heavy atom. The summed E-state index contributed by atoms with van der Waals surface area (Å²) in [7, 11) is 0. The van der Waals surface area contributed by atoms with Gasteiger partial charge in [-0.15, -0.1) is 0 Å². The largest absolute Gasteiger partial charge is 0.434 e. The van der Waals surface area contributed by atoms with E-state index in [1.54, 1.807) is 0 Å². The SMILES string of the molecule is O=[N+]([O-])c1cc(Cl)cnc1Oc1cc(F)cc(Br)c1. The van der Waals surface area contributed by atoms with Crippen LogP contribution in [0.4, 0.5) is 10.1 Å². The number of ether oxygens (including phenoxy) is 1. The summed E-state index contributed by atoms with van der Waals surface area (Å²) in [6, 6.07) is 4.89. The van der Waals surface area contributed by atoms with Crippen molar-refractivity contribution in [2.24, 2.45) is 0 Å². The van der Waals surface area contributed by atoms with E-state index in [9.17, 15) is 14.5 Å². The molecule has 2 aromatic rings. The molecule has 0 aliphatic carbocycles. The van der Waals surface area contributed by atoms with Crippen LogP contribution in [0, 0.1) is 15.9 Å². The topological polar surface area (TPSA) is 65.3 Å². The maximum Gasteiger partial charge on any atom is 0.332 e. The van der Waals surface area contributed by atoms with Crippen molar-refractivity contribution in [3.63, 3.8) is 0 Å². The van der Waals surface area contributed by atoms with Crippen molar-refractivity contribution in [3.05, 3.63) is 55.9 Å². The molecule has 98 valence electrons. The molecule has 0 unspecified atom stereocenters. The van der Waals surface area contributed by atoms with Gasteiger partial charge in [0.05, 0.1) is 16.1 Å². The van der Waals surface area contributed by atoms with E-state index in [0.717, 1.165) is 12.1 Å². The number of nitrogens with zero attached hydrogens (tertiary/aromatic N) is 2. The molecule has 1 aromatic carbocycles. The van der Waals surface area contributed by atoms with Crippen molar-refractivity contribution in [1.82, 2.24) is 4.98 Å². The second-order valence-corrected chi connectivity index (χ2v) is 4.79.